The van der Waals surface area contributed by atoms with E-state index in [9.17, 15) is 14.6 Å². The van der Waals surface area contributed by atoms with Crippen molar-refractivity contribution in [3.05, 3.63) is 12.2 Å². The van der Waals surface area contributed by atoms with E-state index in [1.807, 2.05) is 0 Å². The van der Waals surface area contributed by atoms with Gasteiger partial charge in [0, 0.05) is 6.42 Å². The molecule has 0 radical (unpaired) electrons. The van der Waals surface area contributed by atoms with E-state index in [1.54, 1.807) is 12.2 Å². The third-order valence-electron chi connectivity index (χ3n) is 4.32. The number of rotatable bonds is 5. The predicted octanol–water partition coefficient (Wildman–Crippen LogP) is 1.28. The molecular formula is C15H24BNO5. The molecule has 1 aliphatic heterocycles. The second-order valence-electron chi connectivity index (χ2n) is 6.21. The van der Waals surface area contributed by atoms with Gasteiger partial charge in [0.15, 0.2) is 0 Å². The average Bonchev–Trinajstić information content (AvgIpc) is 2.61. The number of hydrogen-bond acceptors (Lipinski definition) is 4. The van der Waals surface area contributed by atoms with E-state index in [-0.39, 0.29) is 12.3 Å². The first-order valence-electron chi connectivity index (χ1n) is 8.06. The first-order valence-corrected chi connectivity index (χ1v) is 8.06. The van der Waals surface area contributed by atoms with Gasteiger partial charge in [-0.1, -0.05) is 31.4 Å². The van der Waals surface area contributed by atoms with Crippen molar-refractivity contribution in [2.75, 3.05) is 0 Å². The zero-order valence-electron chi connectivity index (χ0n) is 12.7. The Morgan fingerprint density at radius 1 is 1.23 bits per heavy atom. The van der Waals surface area contributed by atoms with Gasteiger partial charge in [0.1, 0.15) is 0 Å². The lowest BCUT2D eigenvalue weighted by atomic mass is 9.76. The molecule has 1 saturated carbocycles. The van der Waals surface area contributed by atoms with E-state index in [0.29, 0.717) is 18.8 Å². The topological polar surface area (TPSA) is 95.9 Å². The molecule has 0 spiro atoms. The minimum Gasteiger partial charge on any atom is -0.481 e. The normalized spacial score (nSPS) is 26.5. The molecule has 1 aliphatic carbocycles. The Bertz CT molecular complexity index is 422. The molecule has 2 aliphatic rings. The first-order chi connectivity index (χ1) is 10.5. The van der Waals surface area contributed by atoms with Crippen LogP contribution in [0.5, 0.6) is 0 Å². The van der Waals surface area contributed by atoms with Gasteiger partial charge in [-0.3, -0.25) is 9.59 Å². The smallest absolute Gasteiger partial charge is 0.478 e. The molecule has 2 unspecified atom stereocenters. The molecule has 0 aromatic rings. The lowest BCUT2D eigenvalue weighted by Gasteiger charge is -2.23. The number of carbonyl (C=O) groups is 2. The molecule has 122 valence electrons. The summed E-state index contributed by atoms with van der Waals surface area (Å²) in [6.45, 7) is 0. The average molecular weight is 309 g/mol. The van der Waals surface area contributed by atoms with E-state index in [1.165, 1.54) is 19.3 Å². The quantitative estimate of drug-likeness (QED) is 0.525. The molecular weight excluding hydrogens is 285 g/mol. The zero-order valence-corrected chi connectivity index (χ0v) is 12.7. The standard InChI is InChI=1S/C15H24BNO5/c18-14(9-11-5-2-1-3-6-11)17-13-8-4-7-12(10-15(19)20)22-16(13)21/h4,7,11-13,21H,1-3,5-6,8-10H2,(H,17,18)(H,19,20). The van der Waals surface area contributed by atoms with Crippen molar-refractivity contribution in [3.8, 4) is 0 Å². The number of carboxylic acids is 1. The van der Waals surface area contributed by atoms with Crippen LogP contribution in [-0.4, -0.2) is 41.2 Å². The second kappa shape index (κ2) is 8.34. The van der Waals surface area contributed by atoms with Crippen LogP contribution in [0.2, 0.25) is 0 Å². The van der Waals surface area contributed by atoms with Crippen LogP contribution < -0.4 is 5.32 Å². The maximum Gasteiger partial charge on any atom is 0.478 e. The monoisotopic (exact) mass is 309 g/mol. The molecule has 2 atom stereocenters. The minimum absolute atomic E-state index is 0.0652. The van der Waals surface area contributed by atoms with Gasteiger partial charge in [-0.25, -0.2) is 0 Å². The van der Waals surface area contributed by atoms with Crippen LogP contribution in [0.3, 0.4) is 0 Å². The number of amides is 1. The van der Waals surface area contributed by atoms with Crippen LogP contribution in [0.4, 0.5) is 0 Å². The van der Waals surface area contributed by atoms with Gasteiger partial charge < -0.3 is 20.1 Å². The number of aliphatic carboxylic acids is 1. The fraction of sp³-hybridized carbons (Fsp3) is 0.733. The molecule has 7 heteroatoms. The van der Waals surface area contributed by atoms with Crippen LogP contribution >= 0.6 is 0 Å². The lowest BCUT2D eigenvalue weighted by Crippen LogP contribution is -2.48. The molecule has 6 nitrogen and oxygen atoms in total. The fourth-order valence-electron chi connectivity index (χ4n) is 3.15. The molecule has 0 aromatic heterocycles. The van der Waals surface area contributed by atoms with Gasteiger partial charge in [0.25, 0.3) is 0 Å². The van der Waals surface area contributed by atoms with Gasteiger partial charge >= 0.3 is 13.1 Å². The Morgan fingerprint density at radius 2 is 1.95 bits per heavy atom. The van der Waals surface area contributed by atoms with E-state index >= 15 is 0 Å². The maximum absolute atomic E-state index is 12.1. The third-order valence-corrected chi connectivity index (χ3v) is 4.32. The molecule has 0 aromatic carbocycles. The van der Waals surface area contributed by atoms with Gasteiger partial charge in [-0.15, -0.1) is 0 Å². The summed E-state index contributed by atoms with van der Waals surface area (Å²) in [6, 6.07) is 0. The Morgan fingerprint density at radius 3 is 2.64 bits per heavy atom. The summed E-state index contributed by atoms with van der Waals surface area (Å²) >= 11 is 0. The highest BCUT2D eigenvalue weighted by molar-refractivity contribution is 6.45. The Balaban J connectivity index is 1.80. The Hall–Kier alpha value is -1.34. The SMILES string of the molecule is O=C(O)CC1C=CCC(NC(=O)CC2CCCCC2)B(O)O1. The van der Waals surface area contributed by atoms with Gasteiger partial charge in [-0.05, 0) is 25.2 Å². The molecule has 1 heterocycles. The molecule has 0 bridgehead atoms. The highest BCUT2D eigenvalue weighted by Gasteiger charge is 2.32. The van der Waals surface area contributed by atoms with Crippen molar-refractivity contribution in [2.24, 2.45) is 5.92 Å². The molecule has 1 fully saturated rings. The van der Waals surface area contributed by atoms with E-state index < -0.39 is 25.1 Å². The molecule has 2 rings (SSSR count). The number of carbonyl (C=O) groups excluding carboxylic acids is 1. The van der Waals surface area contributed by atoms with Crippen molar-refractivity contribution in [3.63, 3.8) is 0 Å². The van der Waals surface area contributed by atoms with Crippen LogP contribution in [0.15, 0.2) is 12.2 Å². The van der Waals surface area contributed by atoms with Gasteiger partial charge in [-0.2, -0.15) is 0 Å². The predicted molar refractivity (Wildman–Crippen MR) is 82.0 cm³/mol. The highest BCUT2D eigenvalue weighted by atomic mass is 16.5. The second-order valence-corrected chi connectivity index (χ2v) is 6.21. The summed E-state index contributed by atoms with van der Waals surface area (Å²) in [5.41, 5.74) is 0. The molecule has 1 amide bonds. The van der Waals surface area contributed by atoms with E-state index in [0.717, 1.165) is 12.8 Å². The third kappa shape index (κ3) is 5.46. The van der Waals surface area contributed by atoms with Crippen molar-refractivity contribution < 1.29 is 24.4 Å². The number of carboxylic acid groups (broad SMARTS) is 1. The van der Waals surface area contributed by atoms with Gasteiger partial charge in [0.05, 0.1) is 18.5 Å². The first kappa shape index (κ1) is 17.0. The summed E-state index contributed by atoms with van der Waals surface area (Å²) in [5.74, 6) is -1.13. The molecule has 3 N–H and O–H groups in total. The highest BCUT2D eigenvalue weighted by Crippen LogP contribution is 2.26. The summed E-state index contributed by atoms with van der Waals surface area (Å²) in [4.78, 5) is 22.8. The summed E-state index contributed by atoms with van der Waals surface area (Å²) in [5, 5.41) is 21.6. The summed E-state index contributed by atoms with van der Waals surface area (Å²) in [7, 11) is -1.19. The Labute approximate surface area is 131 Å². The molecule has 0 saturated heterocycles. The zero-order chi connectivity index (χ0) is 15.9. The Kier molecular flexibility index (Phi) is 6.45. The largest absolute Gasteiger partial charge is 0.481 e. The van der Waals surface area contributed by atoms with Crippen molar-refractivity contribution in [2.45, 2.75) is 63.4 Å². The van der Waals surface area contributed by atoms with Crippen LogP contribution in [0, 0.1) is 5.92 Å². The summed E-state index contributed by atoms with van der Waals surface area (Å²) in [6.07, 6.45) is 9.28. The van der Waals surface area contributed by atoms with Crippen LogP contribution in [-0.2, 0) is 14.2 Å². The number of nitrogens with one attached hydrogen (secondary N) is 1. The minimum atomic E-state index is -1.19. The van der Waals surface area contributed by atoms with Crippen molar-refractivity contribution >= 4 is 19.0 Å². The maximum atomic E-state index is 12.1. The fourth-order valence-corrected chi connectivity index (χ4v) is 3.15. The van der Waals surface area contributed by atoms with Crippen molar-refractivity contribution in [1.29, 1.82) is 0 Å². The van der Waals surface area contributed by atoms with E-state index in [2.05, 4.69) is 5.32 Å². The van der Waals surface area contributed by atoms with Gasteiger partial charge in [0.2, 0.25) is 5.91 Å². The molecule has 22 heavy (non-hydrogen) atoms. The lowest BCUT2D eigenvalue weighted by molar-refractivity contribution is -0.138. The summed E-state index contributed by atoms with van der Waals surface area (Å²) < 4.78 is 5.30. The van der Waals surface area contributed by atoms with E-state index in [4.69, 9.17) is 9.76 Å². The van der Waals surface area contributed by atoms with Crippen LogP contribution in [0.1, 0.15) is 51.4 Å². The van der Waals surface area contributed by atoms with Crippen molar-refractivity contribution in [1.82, 2.24) is 5.32 Å². The number of hydrogen-bond donors (Lipinski definition) is 3. The van der Waals surface area contributed by atoms with Crippen LogP contribution in [0.25, 0.3) is 0 Å².